The van der Waals surface area contributed by atoms with Crippen molar-refractivity contribution in [3.05, 3.63) is 89.5 Å². The molecule has 3 aromatic carbocycles. The van der Waals surface area contributed by atoms with E-state index in [0.717, 1.165) is 16.7 Å². The van der Waals surface area contributed by atoms with Crippen molar-refractivity contribution in [1.82, 2.24) is 12.9 Å². The molecule has 3 aromatic rings. The maximum atomic E-state index is 13.9. The maximum Gasteiger partial charge on any atom is 0.243 e. The molecule has 43 heavy (non-hydrogen) atoms. The van der Waals surface area contributed by atoms with Crippen molar-refractivity contribution in [1.29, 1.82) is 0 Å². The van der Waals surface area contributed by atoms with Gasteiger partial charge in [-0.1, -0.05) is 53.1 Å². The van der Waals surface area contributed by atoms with Crippen LogP contribution in [0.25, 0.3) is 0 Å². The number of aryl methyl sites for hydroxylation is 3. The Kier molecular flexibility index (Phi) is 10.5. The molecule has 1 saturated heterocycles. The smallest absolute Gasteiger partial charge is 0.207 e. The molecule has 4 rings (SSSR count). The van der Waals surface area contributed by atoms with Crippen molar-refractivity contribution < 1.29 is 25.3 Å². The van der Waals surface area contributed by atoms with Gasteiger partial charge < -0.3 is 0 Å². The normalized spacial score (nSPS) is 19.4. The van der Waals surface area contributed by atoms with E-state index < -0.39 is 36.1 Å². The number of hydrogen-bond acceptors (Lipinski definition) is 6. The van der Waals surface area contributed by atoms with E-state index in [1.807, 2.05) is 20.8 Å². The summed E-state index contributed by atoms with van der Waals surface area (Å²) in [6.45, 7) is 7.85. The van der Waals surface area contributed by atoms with Gasteiger partial charge in [-0.3, -0.25) is 0 Å². The molecule has 0 saturated carbocycles. The number of hydrogen-bond donors (Lipinski definition) is 0. The van der Waals surface area contributed by atoms with Crippen LogP contribution >= 0.6 is 0 Å². The van der Waals surface area contributed by atoms with Gasteiger partial charge in [0.2, 0.25) is 30.1 Å². The van der Waals surface area contributed by atoms with E-state index in [4.69, 9.17) is 0 Å². The summed E-state index contributed by atoms with van der Waals surface area (Å²) in [6.07, 6.45) is 0.851. The van der Waals surface area contributed by atoms with Gasteiger partial charge in [0.15, 0.2) is 0 Å². The van der Waals surface area contributed by atoms with Crippen molar-refractivity contribution in [2.24, 2.45) is 0 Å². The molecule has 0 bridgehead atoms. The second-order valence-electron chi connectivity index (χ2n) is 11.2. The summed E-state index contributed by atoms with van der Waals surface area (Å²) >= 11 is 0. The van der Waals surface area contributed by atoms with Crippen molar-refractivity contribution in [3.8, 4) is 0 Å². The summed E-state index contributed by atoms with van der Waals surface area (Å²) in [5.74, 6) is 0. The number of rotatable bonds is 6. The first-order valence-corrected chi connectivity index (χ1v) is 18.8. The van der Waals surface area contributed by atoms with Crippen molar-refractivity contribution in [2.45, 2.75) is 67.7 Å². The third kappa shape index (κ3) is 7.73. The molecule has 0 N–H and O–H groups in total. The first-order valence-electron chi connectivity index (χ1n) is 14.4. The molecule has 12 heteroatoms. The minimum Gasteiger partial charge on any atom is -0.207 e. The molecule has 0 spiro atoms. The minimum atomic E-state index is -3.94. The summed E-state index contributed by atoms with van der Waals surface area (Å²) in [7, 11) is -11.8. The molecule has 0 radical (unpaired) electrons. The van der Waals surface area contributed by atoms with Gasteiger partial charge in [-0.25, -0.2) is 25.3 Å². The SMILES string of the molecule is Cc1ccc(S(=O)(=O)N2CCCN(S(=O)(=O)c3ccc(C)cc3)CCC(C)N(S(=O)(=O)c3ccc(C)cc3)CCC2)cc1. The van der Waals surface area contributed by atoms with Crippen LogP contribution in [0.2, 0.25) is 0 Å². The van der Waals surface area contributed by atoms with E-state index in [0.29, 0.717) is 0 Å². The third-order valence-corrected chi connectivity index (χ3v) is 13.7. The minimum absolute atomic E-state index is 0.0853. The van der Waals surface area contributed by atoms with E-state index in [1.54, 1.807) is 79.7 Å². The zero-order valence-electron chi connectivity index (χ0n) is 25.2. The highest BCUT2D eigenvalue weighted by Crippen LogP contribution is 2.25. The fourth-order valence-corrected chi connectivity index (χ4v) is 9.86. The topological polar surface area (TPSA) is 112 Å². The molecule has 9 nitrogen and oxygen atoms in total. The Hall–Kier alpha value is -2.61. The average Bonchev–Trinajstić information content (AvgIpc) is 2.95. The first kappa shape index (κ1) is 33.3. The van der Waals surface area contributed by atoms with Crippen LogP contribution in [0.3, 0.4) is 0 Å². The fraction of sp³-hybridized carbons (Fsp3) is 0.419. The van der Waals surface area contributed by atoms with Gasteiger partial charge in [-0.2, -0.15) is 12.9 Å². The van der Waals surface area contributed by atoms with Crippen LogP contribution in [0.5, 0.6) is 0 Å². The molecule has 1 unspecified atom stereocenters. The predicted molar refractivity (Wildman–Crippen MR) is 168 cm³/mol. The maximum absolute atomic E-state index is 13.9. The van der Waals surface area contributed by atoms with Gasteiger partial charge in [-0.05, 0) is 83.4 Å². The van der Waals surface area contributed by atoms with Crippen LogP contribution in [-0.2, 0) is 30.1 Å². The molecule has 0 aromatic heterocycles. The molecule has 0 aliphatic carbocycles. The Morgan fingerprint density at radius 2 is 0.814 bits per heavy atom. The Morgan fingerprint density at radius 3 is 1.21 bits per heavy atom. The second-order valence-corrected chi connectivity index (χ2v) is 17.0. The zero-order chi connectivity index (χ0) is 31.4. The Balaban J connectivity index is 1.70. The van der Waals surface area contributed by atoms with E-state index in [1.165, 1.54) is 12.9 Å². The van der Waals surface area contributed by atoms with Crippen LogP contribution in [0.15, 0.2) is 87.5 Å². The summed E-state index contributed by atoms with van der Waals surface area (Å²) in [5, 5.41) is 0. The highest BCUT2D eigenvalue weighted by atomic mass is 32.2. The van der Waals surface area contributed by atoms with Gasteiger partial charge >= 0.3 is 0 Å². The first-order chi connectivity index (χ1) is 20.2. The highest BCUT2D eigenvalue weighted by Gasteiger charge is 2.33. The van der Waals surface area contributed by atoms with Crippen molar-refractivity contribution in [2.75, 3.05) is 32.7 Å². The molecule has 234 valence electrons. The number of sulfonamides is 3. The molecule has 1 heterocycles. The molecular weight excluding hydrogens is 607 g/mol. The van der Waals surface area contributed by atoms with Gasteiger partial charge in [0.1, 0.15) is 0 Å². The van der Waals surface area contributed by atoms with E-state index in [-0.39, 0.29) is 66.7 Å². The summed E-state index contributed by atoms with van der Waals surface area (Å²) in [5.41, 5.74) is 2.78. The molecule has 1 fully saturated rings. The lowest BCUT2D eigenvalue weighted by Crippen LogP contribution is -2.45. The van der Waals surface area contributed by atoms with Crippen LogP contribution in [-0.4, -0.2) is 76.9 Å². The van der Waals surface area contributed by atoms with Crippen molar-refractivity contribution in [3.63, 3.8) is 0 Å². The third-order valence-electron chi connectivity index (χ3n) is 7.83. The highest BCUT2D eigenvalue weighted by molar-refractivity contribution is 7.89. The Labute approximate surface area is 257 Å². The van der Waals surface area contributed by atoms with Crippen LogP contribution in [0, 0.1) is 20.8 Å². The second kappa shape index (κ2) is 13.6. The van der Waals surface area contributed by atoms with E-state index in [2.05, 4.69) is 0 Å². The van der Waals surface area contributed by atoms with Gasteiger partial charge in [-0.15, -0.1) is 0 Å². The summed E-state index contributed by atoms with van der Waals surface area (Å²) < 4.78 is 86.7. The molecule has 1 aliphatic heterocycles. The Morgan fingerprint density at radius 1 is 0.488 bits per heavy atom. The van der Waals surface area contributed by atoms with E-state index >= 15 is 0 Å². The lowest BCUT2D eigenvalue weighted by Gasteiger charge is -2.32. The molecule has 1 aliphatic rings. The fourth-order valence-electron chi connectivity index (χ4n) is 5.15. The summed E-state index contributed by atoms with van der Waals surface area (Å²) in [6, 6.07) is 19.2. The predicted octanol–water partition coefficient (Wildman–Crippen LogP) is 4.56. The van der Waals surface area contributed by atoms with Gasteiger partial charge in [0, 0.05) is 38.8 Å². The van der Waals surface area contributed by atoms with Crippen LogP contribution < -0.4 is 0 Å². The molecule has 1 atom stereocenters. The van der Waals surface area contributed by atoms with Crippen molar-refractivity contribution >= 4 is 30.1 Å². The largest absolute Gasteiger partial charge is 0.243 e. The molecular formula is C31H41N3O6S3. The standard InChI is InChI=1S/C31H41N3O6S3/c1-25-7-13-29(14-8-25)41(35,36)32-20-5-21-33(42(37,38)30-15-9-26(2)10-16-30)24-19-28(4)34(23-6-22-32)43(39,40)31-17-11-27(3)12-18-31/h7-18,28H,5-6,19-24H2,1-4H3. The van der Waals surface area contributed by atoms with E-state index in [9.17, 15) is 25.3 Å². The van der Waals surface area contributed by atoms with Gasteiger partial charge in [0.05, 0.1) is 14.7 Å². The summed E-state index contributed by atoms with van der Waals surface area (Å²) in [4.78, 5) is 0.434. The number of benzene rings is 3. The van der Waals surface area contributed by atoms with Crippen LogP contribution in [0.4, 0.5) is 0 Å². The zero-order valence-corrected chi connectivity index (χ0v) is 27.6. The average molecular weight is 648 g/mol. The van der Waals surface area contributed by atoms with Crippen LogP contribution in [0.1, 0.15) is 42.9 Å². The Bertz CT molecular complexity index is 1710. The number of nitrogens with zero attached hydrogens (tertiary/aromatic N) is 3. The molecule has 0 amide bonds. The lowest BCUT2D eigenvalue weighted by atomic mass is 10.2. The monoisotopic (exact) mass is 647 g/mol. The van der Waals surface area contributed by atoms with Gasteiger partial charge in [0.25, 0.3) is 0 Å². The quantitative estimate of drug-likeness (QED) is 0.388. The lowest BCUT2D eigenvalue weighted by molar-refractivity contribution is 0.267.